The number of para-hydroxylation sites is 1. The summed E-state index contributed by atoms with van der Waals surface area (Å²) in [5.74, 6) is -0.329. The van der Waals surface area contributed by atoms with Gasteiger partial charge < -0.3 is 24.8 Å². The molecule has 0 fully saturated rings. The second-order valence-electron chi connectivity index (χ2n) is 9.10. The highest BCUT2D eigenvalue weighted by molar-refractivity contribution is 7.80. The summed E-state index contributed by atoms with van der Waals surface area (Å²) < 4.78 is 16.8. The maximum atomic E-state index is 12.7. The highest BCUT2D eigenvalue weighted by atomic mass is 35.5. The molecule has 1 amide bonds. The van der Waals surface area contributed by atoms with Gasteiger partial charge in [-0.3, -0.25) is 4.79 Å². The number of benzene rings is 3. The number of amides is 1. The van der Waals surface area contributed by atoms with Gasteiger partial charge in [-0.15, -0.1) is 0 Å². The van der Waals surface area contributed by atoms with E-state index in [0.29, 0.717) is 44.0 Å². The van der Waals surface area contributed by atoms with Gasteiger partial charge in [0.05, 0.1) is 34.5 Å². The van der Waals surface area contributed by atoms with E-state index in [-0.39, 0.29) is 29.9 Å². The van der Waals surface area contributed by atoms with Gasteiger partial charge in [-0.2, -0.15) is 5.10 Å². The Balaban J connectivity index is 1.38. The van der Waals surface area contributed by atoms with E-state index in [1.807, 2.05) is 18.2 Å². The maximum Gasteiger partial charge on any atom is 0.338 e. The first kappa shape index (κ1) is 32.1. The van der Waals surface area contributed by atoms with Crippen LogP contribution in [0, 0.1) is 0 Å². The molecule has 4 rings (SSSR count). The normalized spacial score (nSPS) is 14.6. The fourth-order valence-corrected chi connectivity index (χ4v) is 5.24. The fraction of sp³-hybridized carbons (Fsp3) is 0.200. The molecular formula is C30H27Cl3N4O5S. The fourth-order valence-electron chi connectivity index (χ4n) is 4.17. The number of hydrogen-bond acceptors (Lipinski definition) is 7. The molecule has 224 valence electrons. The molecule has 13 heteroatoms. The number of halogens is 3. The molecule has 0 bridgehead atoms. The molecule has 1 aliphatic heterocycles. The van der Waals surface area contributed by atoms with Crippen molar-refractivity contribution in [3.8, 4) is 11.5 Å². The Bertz CT molecular complexity index is 1570. The Morgan fingerprint density at radius 3 is 2.44 bits per heavy atom. The second kappa shape index (κ2) is 15.1. The number of allylic oxidation sites excluding steroid dienone is 1. The SMILES string of the molecule is CCOC(=O)C1=C(C)NC(=S)N[C@H]1c1ccccc1OCC(=O)NN=Cc1cc(Cl)c(OCc2ccccc2Cl)c(Cl)c1. The first-order valence-electron chi connectivity index (χ1n) is 13.0. The second-order valence-corrected chi connectivity index (χ2v) is 10.7. The van der Waals surface area contributed by atoms with Crippen LogP contribution in [0.3, 0.4) is 0 Å². The monoisotopic (exact) mass is 660 g/mol. The lowest BCUT2D eigenvalue weighted by Crippen LogP contribution is -2.45. The van der Waals surface area contributed by atoms with Crippen molar-refractivity contribution in [1.29, 1.82) is 0 Å². The zero-order valence-electron chi connectivity index (χ0n) is 23.1. The lowest BCUT2D eigenvalue weighted by Gasteiger charge is -2.30. The van der Waals surface area contributed by atoms with E-state index in [0.717, 1.165) is 5.56 Å². The highest BCUT2D eigenvalue weighted by Gasteiger charge is 2.32. The zero-order valence-corrected chi connectivity index (χ0v) is 26.2. The number of nitrogens with one attached hydrogen (secondary N) is 3. The summed E-state index contributed by atoms with van der Waals surface area (Å²) in [6.45, 7) is 3.52. The molecular weight excluding hydrogens is 635 g/mol. The van der Waals surface area contributed by atoms with Crippen LogP contribution in [0.25, 0.3) is 0 Å². The Morgan fingerprint density at radius 1 is 1.02 bits per heavy atom. The Labute approximate surface area is 269 Å². The molecule has 3 aromatic rings. The Hall–Kier alpha value is -3.83. The van der Waals surface area contributed by atoms with Crippen molar-refractivity contribution in [2.45, 2.75) is 26.5 Å². The van der Waals surface area contributed by atoms with Gasteiger partial charge in [0.1, 0.15) is 12.4 Å². The number of esters is 1. The molecule has 1 atom stereocenters. The Morgan fingerprint density at radius 2 is 1.72 bits per heavy atom. The molecule has 1 aliphatic rings. The predicted molar refractivity (Wildman–Crippen MR) is 171 cm³/mol. The summed E-state index contributed by atoms with van der Waals surface area (Å²) in [5, 5.41) is 11.5. The van der Waals surface area contributed by atoms with Gasteiger partial charge in [-0.05, 0) is 55.9 Å². The van der Waals surface area contributed by atoms with Crippen LogP contribution in [-0.2, 0) is 20.9 Å². The van der Waals surface area contributed by atoms with Crippen LogP contribution in [0.4, 0.5) is 0 Å². The van der Waals surface area contributed by atoms with Gasteiger partial charge >= 0.3 is 5.97 Å². The number of thiocarbonyl (C=S) groups is 1. The zero-order chi connectivity index (χ0) is 30.9. The van der Waals surface area contributed by atoms with Crippen LogP contribution in [-0.4, -0.2) is 36.4 Å². The molecule has 0 saturated heterocycles. The standard InChI is InChI=1S/C30H27Cl3N4O5S/c1-3-40-29(39)26-17(2)35-30(43)36-27(26)20-9-5-7-11-24(20)41-16-25(38)37-34-14-18-12-22(32)28(23(33)13-18)42-15-19-8-4-6-10-21(19)31/h4-14,27H,3,15-16H2,1-2H3,(H,37,38)(H2,35,36,43)/t27-/m0/s1. The van der Waals surface area contributed by atoms with Crippen molar-refractivity contribution in [2.75, 3.05) is 13.2 Å². The summed E-state index contributed by atoms with van der Waals surface area (Å²) in [6, 6.07) is 16.9. The molecule has 0 aliphatic carbocycles. The average molecular weight is 662 g/mol. The van der Waals surface area contributed by atoms with Crippen LogP contribution in [0.15, 0.2) is 77.0 Å². The van der Waals surface area contributed by atoms with E-state index < -0.39 is 17.9 Å². The highest BCUT2D eigenvalue weighted by Crippen LogP contribution is 2.35. The number of ether oxygens (including phenoxy) is 3. The summed E-state index contributed by atoms with van der Waals surface area (Å²) >= 11 is 24.3. The van der Waals surface area contributed by atoms with Crippen molar-refractivity contribution in [1.82, 2.24) is 16.1 Å². The van der Waals surface area contributed by atoms with Crippen molar-refractivity contribution < 1.29 is 23.8 Å². The molecule has 0 spiro atoms. The Kier molecular flexibility index (Phi) is 11.2. The number of carbonyl (C=O) groups excluding carboxylic acids is 2. The van der Waals surface area contributed by atoms with E-state index in [1.54, 1.807) is 56.3 Å². The van der Waals surface area contributed by atoms with Crippen LogP contribution < -0.4 is 25.5 Å². The van der Waals surface area contributed by atoms with Crippen LogP contribution in [0.1, 0.15) is 36.6 Å². The van der Waals surface area contributed by atoms with Gasteiger partial charge in [0, 0.05) is 21.8 Å². The third kappa shape index (κ3) is 8.39. The molecule has 3 aromatic carbocycles. The number of hydrogen-bond donors (Lipinski definition) is 3. The van der Waals surface area contributed by atoms with E-state index >= 15 is 0 Å². The lowest BCUT2D eigenvalue weighted by atomic mass is 9.95. The summed E-state index contributed by atoms with van der Waals surface area (Å²) in [4.78, 5) is 25.3. The topological polar surface area (TPSA) is 110 Å². The number of carbonyl (C=O) groups is 2. The van der Waals surface area contributed by atoms with Crippen molar-refractivity contribution in [3.63, 3.8) is 0 Å². The van der Waals surface area contributed by atoms with Crippen molar-refractivity contribution in [2.24, 2.45) is 5.10 Å². The molecule has 0 saturated carbocycles. The summed E-state index contributed by atoms with van der Waals surface area (Å²) in [7, 11) is 0. The van der Waals surface area contributed by atoms with Gasteiger partial charge in [-0.1, -0.05) is 71.2 Å². The molecule has 0 unspecified atom stereocenters. The van der Waals surface area contributed by atoms with E-state index in [9.17, 15) is 9.59 Å². The molecule has 0 aromatic heterocycles. The third-order valence-electron chi connectivity index (χ3n) is 6.11. The van der Waals surface area contributed by atoms with E-state index in [1.165, 1.54) is 6.21 Å². The molecule has 3 N–H and O–H groups in total. The minimum atomic E-state index is -0.642. The minimum absolute atomic E-state index is 0.187. The smallest absolute Gasteiger partial charge is 0.338 e. The van der Waals surface area contributed by atoms with E-state index in [2.05, 4.69) is 21.2 Å². The lowest BCUT2D eigenvalue weighted by molar-refractivity contribution is -0.139. The largest absolute Gasteiger partial charge is 0.486 e. The first-order valence-corrected chi connectivity index (χ1v) is 14.6. The predicted octanol–water partition coefficient (Wildman–Crippen LogP) is 6.11. The third-order valence-corrected chi connectivity index (χ3v) is 7.26. The summed E-state index contributed by atoms with van der Waals surface area (Å²) in [5.41, 5.74) is 5.26. The van der Waals surface area contributed by atoms with Crippen LogP contribution >= 0.6 is 47.0 Å². The number of hydrazone groups is 1. The number of nitrogens with zero attached hydrogens (tertiary/aromatic N) is 1. The molecule has 9 nitrogen and oxygen atoms in total. The summed E-state index contributed by atoms with van der Waals surface area (Å²) in [6.07, 6.45) is 1.39. The number of rotatable bonds is 11. The first-order chi connectivity index (χ1) is 20.7. The van der Waals surface area contributed by atoms with Crippen LogP contribution in [0.2, 0.25) is 15.1 Å². The van der Waals surface area contributed by atoms with Crippen molar-refractivity contribution >= 4 is 70.2 Å². The van der Waals surface area contributed by atoms with Gasteiger partial charge in [0.2, 0.25) is 0 Å². The van der Waals surface area contributed by atoms with Gasteiger partial charge in [-0.25, -0.2) is 10.2 Å². The minimum Gasteiger partial charge on any atom is -0.486 e. The molecule has 1 heterocycles. The van der Waals surface area contributed by atoms with E-state index in [4.69, 9.17) is 61.2 Å². The van der Waals surface area contributed by atoms with Gasteiger partial charge in [0.25, 0.3) is 5.91 Å². The van der Waals surface area contributed by atoms with Crippen LogP contribution in [0.5, 0.6) is 11.5 Å². The van der Waals surface area contributed by atoms with Crippen molar-refractivity contribution in [3.05, 3.63) is 104 Å². The average Bonchev–Trinajstić information content (AvgIpc) is 2.96. The molecule has 0 radical (unpaired) electrons. The maximum absolute atomic E-state index is 12.7. The quantitative estimate of drug-likeness (QED) is 0.0978. The molecule has 43 heavy (non-hydrogen) atoms. The van der Waals surface area contributed by atoms with Gasteiger partial charge in [0.15, 0.2) is 17.5 Å².